The molecule has 1 atom stereocenters. The summed E-state index contributed by atoms with van der Waals surface area (Å²) in [6.07, 6.45) is -0.375. The minimum absolute atomic E-state index is 0.0919. The van der Waals surface area contributed by atoms with Crippen LogP contribution in [0.1, 0.15) is 25.3 Å². The number of amides is 1. The minimum atomic E-state index is -0.631. The highest BCUT2D eigenvalue weighted by atomic mass is 32.2. The van der Waals surface area contributed by atoms with Gasteiger partial charge in [-0.1, -0.05) is 23.9 Å². The molecule has 0 aliphatic heterocycles. The average Bonchev–Trinajstić information content (AvgIpc) is 3.04. The maximum absolute atomic E-state index is 13.5. The Balaban J connectivity index is 1.85. The van der Waals surface area contributed by atoms with Crippen LogP contribution in [0.4, 0.5) is 4.39 Å². The summed E-state index contributed by atoms with van der Waals surface area (Å²) < 4.78 is 24.4. The monoisotopic (exact) mass is 350 g/mol. The van der Waals surface area contributed by atoms with Gasteiger partial charge in [-0.15, -0.1) is 10.2 Å². The summed E-state index contributed by atoms with van der Waals surface area (Å²) >= 11 is 1.07. The second kappa shape index (κ2) is 8.88. The summed E-state index contributed by atoms with van der Waals surface area (Å²) in [6.45, 7) is 1.96. The van der Waals surface area contributed by atoms with Crippen LogP contribution < -0.4 is 10.1 Å². The van der Waals surface area contributed by atoms with E-state index in [2.05, 4.69) is 15.5 Å². The van der Waals surface area contributed by atoms with Gasteiger partial charge in [0.15, 0.2) is 17.7 Å². The quantitative estimate of drug-likeness (QED) is 0.576. The summed E-state index contributed by atoms with van der Waals surface area (Å²) in [7, 11) is 0. The molecule has 0 spiro atoms. The van der Waals surface area contributed by atoms with Gasteiger partial charge >= 0.3 is 0 Å². The first kappa shape index (κ1) is 17.7. The van der Waals surface area contributed by atoms with Crippen molar-refractivity contribution < 1.29 is 18.3 Å². The molecule has 1 heterocycles. The van der Waals surface area contributed by atoms with E-state index in [1.165, 1.54) is 12.1 Å². The van der Waals surface area contributed by atoms with E-state index < -0.39 is 11.9 Å². The van der Waals surface area contributed by atoms with Crippen LogP contribution in [0.5, 0.6) is 5.75 Å². The molecule has 0 saturated carbocycles. The molecule has 0 bridgehead atoms. The van der Waals surface area contributed by atoms with Gasteiger partial charge in [-0.2, -0.15) is 5.26 Å². The van der Waals surface area contributed by atoms with Gasteiger partial charge in [0.05, 0.1) is 18.2 Å². The van der Waals surface area contributed by atoms with E-state index in [1.54, 1.807) is 19.1 Å². The number of hydrogen-bond donors (Lipinski definition) is 1. The number of hydrogen-bond acceptors (Lipinski definition) is 7. The number of rotatable bonds is 8. The molecule has 1 aromatic heterocycles. The summed E-state index contributed by atoms with van der Waals surface area (Å²) in [5.74, 6) is -0.339. The van der Waals surface area contributed by atoms with E-state index >= 15 is 0 Å². The molecule has 2 rings (SSSR count). The number of nitriles is 1. The van der Waals surface area contributed by atoms with Crippen LogP contribution in [-0.2, 0) is 4.79 Å². The highest BCUT2D eigenvalue weighted by molar-refractivity contribution is 7.99. The second-order valence-corrected chi connectivity index (χ2v) is 5.57. The zero-order valence-corrected chi connectivity index (χ0v) is 13.7. The molecule has 1 aromatic carbocycles. The first-order valence-corrected chi connectivity index (χ1v) is 8.09. The van der Waals surface area contributed by atoms with Gasteiger partial charge in [0.1, 0.15) is 0 Å². The van der Waals surface area contributed by atoms with Gasteiger partial charge in [-0.3, -0.25) is 4.79 Å². The van der Waals surface area contributed by atoms with Crippen molar-refractivity contribution in [2.75, 3.05) is 12.3 Å². The number of nitrogens with one attached hydrogen (secondary N) is 1. The Bertz CT molecular complexity index is 732. The predicted octanol–water partition coefficient (Wildman–Crippen LogP) is 2.47. The topological polar surface area (TPSA) is 101 Å². The molecule has 0 unspecified atom stereocenters. The molecule has 1 amide bonds. The number of thioether (sulfide) groups is 1. The fourth-order valence-corrected chi connectivity index (χ4v) is 2.26. The van der Waals surface area contributed by atoms with Crippen LogP contribution in [0, 0.1) is 17.1 Å². The van der Waals surface area contributed by atoms with Crippen LogP contribution >= 0.6 is 11.8 Å². The molecular weight excluding hydrogens is 335 g/mol. The molecule has 0 radical (unpaired) electrons. The predicted molar refractivity (Wildman–Crippen MR) is 83.7 cm³/mol. The molecule has 9 heteroatoms. The summed E-state index contributed by atoms with van der Waals surface area (Å²) in [5.41, 5.74) is 0. The Hall–Kier alpha value is -2.60. The smallest absolute Gasteiger partial charge is 0.277 e. The summed E-state index contributed by atoms with van der Waals surface area (Å²) in [4.78, 5) is 11.5. The van der Waals surface area contributed by atoms with E-state index in [-0.39, 0.29) is 34.9 Å². The first-order chi connectivity index (χ1) is 11.6. The minimum Gasteiger partial charge on any atom is -0.478 e. The van der Waals surface area contributed by atoms with Crippen molar-refractivity contribution in [2.24, 2.45) is 0 Å². The van der Waals surface area contributed by atoms with Crippen molar-refractivity contribution in [1.29, 1.82) is 5.26 Å². The lowest BCUT2D eigenvalue weighted by atomic mass is 10.3. The van der Waals surface area contributed by atoms with Crippen molar-refractivity contribution in [1.82, 2.24) is 15.5 Å². The van der Waals surface area contributed by atoms with Gasteiger partial charge in [0.25, 0.3) is 11.1 Å². The first-order valence-electron chi connectivity index (χ1n) is 7.11. The van der Waals surface area contributed by atoms with Crippen molar-refractivity contribution in [3.63, 3.8) is 0 Å². The van der Waals surface area contributed by atoms with Crippen molar-refractivity contribution >= 4 is 17.7 Å². The lowest BCUT2D eigenvalue weighted by molar-refractivity contribution is -0.118. The van der Waals surface area contributed by atoms with Gasteiger partial charge in [-0.05, 0) is 19.1 Å². The third kappa shape index (κ3) is 5.24. The molecule has 0 fully saturated rings. The molecule has 0 saturated heterocycles. The molecule has 1 N–H and O–H groups in total. The number of aromatic nitrogens is 2. The van der Waals surface area contributed by atoms with Crippen LogP contribution in [-0.4, -0.2) is 28.4 Å². The average molecular weight is 350 g/mol. The fraction of sp³-hybridized carbons (Fsp3) is 0.333. The summed E-state index contributed by atoms with van der Waals surface area (Å²) in [6, 6.07) is 7.95. The molecule has 0 aliphatic carbocycles. The van der Waals surface area contributed by atoms with E-state index in [9.17, 15) is 9.18 Å². The molecule has 24 heavy (non-hydrogen) atoms. The van der Waals surface area contributed by atoms with Gasteiger partial charge in [-0.25, -0.2) is 4.39 Å². The Labute approximate surface area is 142 Å². The third-order valence-corrected chi connectivity index (χ3v) is 3.61. The molecule has 126 valence electrons. The van der Waals surface area contributed by atoms with E-state index in [1.807, 2.05) is 6.07 Å². The lowest BCUT2D eigenvalue weighted by Crippen LogP contribution is -2.25. The highest BCUT2D eigenvalue weighted by Gasteiger charge is 2.18. The fourth-order valence-electron chi connectivity index (χ4n) is 1.66. The Morgan fingerprint density at radius 1 is 1.50 bits per heavy atom. The maximum Gasteiger partial charge on any atom is 0.277 e. The lowest BCUT2D eigenvalue weighted by Gasteiger charge is -2.11. The van der Waals surface area contributed by atoms with Crippen LogP contribution in [0.2, 0.25) is 0 Å². The van der Waals surface area contributed by atoms with E-state index in [0.717, 1.165) is 11.8 Å². The van der Waals surface area contributed by atoms with Crippen molar-refractivity contribution in [3.05, 3.63) is 36.0 Å². The van der Waals surface area contributed by atoms with Crippen LogP contribution in [0.15, 0.2) is 33.9 Å². The highest BCUT2D eigenvalue weighted by Crippen LogP contribution is 2.25. The Morgan fingerprint density at radius 2 is 2.29 bits per heavy atom. The van der Waals surface area contributed by atoms with Gasteiger partial charge in [0, 0.05) is 6.54 Å². The number of ether oxygens (including phenoxy) is 1. The normalized spacial score (nSPS) is 11.5. The van der Waals surface area contributed by atoms with Crippen LogP contribution in [0.25, 0.3) is 0 Å². The molecule has 2 aromatic rings. The third-order valence-electron chi connectivity index (χ3n) is 2.80. The largest absolute Gasteiger partial charge is 0.478 e. The number of para-hydroxylation sites is 1. The number of halogens is 1. The Morgan fingerprint density at radius 3 is 3.04 bits per heavy atom. The SMILES string of the molecule is C[C@H](Oc1ccccc1F)c1nnc(SCC(=O)NCCC#N)o1. The van der Waals surface area contributed by atoms with E-state index in [0.29, 0.717) is 6.54 Å². The molecular formula is C15H15FN4O3S. The second-order valence-electron chi connectivity index (χ2n) is 4.64. The van der Waals surface area contributed by atoms with Crippen molar-refractivity contribution in [3.8, 4) is 11.8 Å². The maximum atomic E-state index is 13.5. The Kier molecular flexibility index (Phi) is 6.57. The molecule has 7 nitrogen and oxygen atoms in total. The number of benzene rings is 1. The van der Waals surface area contributed by atoms with Gasteiger partial charge in [0.2, 0.25) is 5.91 Å². The zero-order valence-electron chi connectivity index (χ0n) is 12.9. The van der Waals surface area contributed by atoms with E-state index in [4.69, 9.17) is 14.4 Å². The van der Waals surface area contributed by atoms with Crippen molar-refractivity contribution in [2.45, 2.75) is 24.7 Å². The number of carbonyl (C=O) groups excluding carboxylic acids is 1. The zero-order chi connectivity index (χ0) is 17.4. The number of nitrogens with zero attached hydrogens (tertiary/aromatic N) is 3. The number of carbonyl (C=O) groups is 1. The van der Waals surface area contributed by atoms with Crippen LogP contribution in [0.3, 0.4) is 0 Å². The molecule has 0 aliphatic rings. The standard InChI is InChI=1S/C15H15FN4O3S/c1-10(22-12-6-3-2-5-11(12)16)14-19-20-15(23-14)24-9-13(21)18-8-4-7-17/h2-3,5-6,10H,4,8-9H2,1H3,(H,18,21)/t10-/m0/s1. The van der Waals surface area contributed by atoms with Gasteiger partial charge < -0.3 is 14.5 Å². The summed E-state index contributed by atoms with van der Waals surface area (Å²) in [5, 5.41) is 18.8.